The van der Waals surface area contributed by atoms with Crippen molar-refractivity contribution in [3.8, 4) is 0 Å². The summed E-state index contributed by atoms with van der Waals surface area (Å²) >= 11 is 0. The normalized spacial score (nSPS) is 19.0. The molecule has 6 heteroatoms. The third-order valence-electron chi connectivity index (χ3n) is 4.20. The second-order valence-corrected chi connectivity index (χ2v) is 7.18. The number of aliphatic hydroxyl groups excluding tert-OH is 1. The number of carbonyl (C=O) groups excluding carboxylic acids is 2. The number of hydrogen-bond donors (Lipinski definition) is 2. The monoisotopic (exact) mass is 313 g/mol. The Balaban J connectivity index is 2.34. The highest BCUT2D eigenvalue weighted by Crippen LogP contribution is 2.21. The second kappa shape index (κ2) is 8.36. The maximum absolute atomic E-state index is 12.2. The van der Waals surface area contributed by atoms with Crippen LogP contribution in [0.1, 0.15) is 39.5 Å². The quantitative estimate of drug-likeness (QED) is 0.726. The molecule has 1 aliphatic rings. The van der Waals surface area contributed by atoms with E-state index in [0.29, 0.717) is 13.1 Å². The zero-order valence-corrected chi connectivity index (χ0v) is 14.4. The number of rotatable bonds is 6. The van der Waals surface area contributed by atoms with Crippen LogP contribution in [0.25, 0.3) is 0 Å². The molecular formula is C16H31N3O3. The van der Waals surface area contributed by atoms with E-state index in [1.165, 1.54) is 0 Å². The van der Waals surface area contributed by atoms with Gasteiger partial charge in [-0.05, 0) is 31.1 Å². The van der Waals surface area contributed by atoms with E-state index in [9.17, 15) is 14.7 Å². The summed E-state index contributed by atoms with van der Waals surface area (Å²) in [6.45, 7) is 6.05. The summed E-state index contributed by atoms with van der Waals surface area (Å²) in [5.74, 6) is -0.0680. The number of carbonyl (C=O) groups is 2. The van der Waals surface area contributed by atoms with Gasteiger partial charge in [0.05, 0.1) is 5.92 Å². The summed E-state index contributed by atoms with van der Waals surface area (Å²) < 4.78 is 0. The van der Waals surface area contributed by atoms with Crippen LogP contribution in [0, 0.1) is 11.3 Å². The minimum atomic E-state index is -0.108. The van der Waals surface area contributed by atoms with Crippen molar-refractivity contribution < 1.29 is 14.7 Å². The Hall–Kier alpha value is -1.30. The lowest BCUT2D eigenvalue weighted by molar-refractivity contribution is -0.126. The Morgan fingerprint density at radius 3 is 2.64 bits per heavy atom. The van der Waals surface area contributed by atoms with Crippen LogP contribution < -0.4 is 5.32 Å². The first-order valence-electron chi connectivity index (χ1n) is 8.11. The average molecular weight is 313 g/mol. The van der Waals surface area contributed by atoms with Crippen LogP contribution >= 0.6 is 0 Å². The highest BCUT2D eigenvalue weighted by atomic mass is 16.3. The summed E-state index contributed by atoms with van der Waals surface area (Å²) in [6.07, 6.45) is 3.44. The third-order valence-corrected chi connectivity index (χ3v) is 4.20. The van der Waals surface area contributed by atoms with Gasteiger partial charge in [-0.15, -0.1) is 0 Å². The van der Waals surface area contributed by atoms with Crippen molar-refractivity contribution in [2.75, 3.05) is 40.3 Å². The largest absolute Gasteiger partial charge is 0.396 e. The number of likely N-dealkylation sites (tertiary alicyclic amines) is 1. The van der Waals surface area contributed by atoms with E-state index in [4.69, 9.17) is 0 Å². The standard InChI is InChI=1S/C16H31N3O3/c1-16(2,12-20)8-6-9-17-14(21)13-7-5-10-19(11-13)15(22)18(3)4/h13,20H,5-12H2,1-4H3,(H,17,21). The minimum absolute atomic E-state index is 0.0257. The van der Waals surface area contributed by atoms with E-state index in [1.54, 1.807) is 23.9 Å². The van der Waals surface area contributed by atoms with Gasteiger partial charge in [0.15, 0.2) is 0 Å². The first-order chi connectivity index (χ1) is 10.3. The molecule has 3 amide bonds. The number of nitrogens with one attached hydrogen (secondary N) is 1. The lowest BCUT2D eigenvalue weighted by Gasteiger charge is -2.33. The number of hydrogen-bond acceptors (Lipinski definition) is 3. The maximum atomic E-state index is 12.2. The van der Waals surface area contributed by atoms with Crippen LogP contribution in [0.3, 0.4) is 0 Å². The summed E-state index contributed by atoms with van der Waals surface area (Å²) in [5.41, 5.74) is -0.0928. The van der Waals surface area contributed by atoms with Crippen LogP contribution in [0.5, 0.6) is 0 Å². The molecule has 0 aromatic carbocycles. The van der Waals surface area contributed by atoms with E-state index in [2.05, 4.69) is 5.32 Å². The molecule has 22 heavy (non-hydrogen) atoms. The summed E-state index contributed by atoms with van der Waals surface area (Å²) in [5, 5.41) is 12.2. The molecule has 1 atom stereocenters. The Morgan fingerprint density at radius 2 is 2.05 bits per heavy atom. The van der Waals surface area contributed by atoms with E-state index in [-0.39, 0.29) is 29.9 Å². The molecule has 0 aromatic heterocycles. The van der Waals surface area contributed by atoms with E-state index in [1.807, 2.05) is 13.8 Å². The lowest BCUT2D eigenvalue weighted by atomic mass is 9.89. The molecule has 1 aliphatic heterocycles. The Morgan fingerprint density at radius 1 is 1.36 bits per heavy atom. The van der Waals surface area contributed by atoms with Gasteiger partial charge in [0.1, 0.15) is 0 Å². The highest BCUT2D eigenvalue weighted by molar-refractivity contribution is 5.80. The molecule has 0 aromatic rings. The molecule has 1 rings (SSSR count). The summed E-state index contributed by atoms with van der Waals surface area (Å²) in [4.78, 5) is 27.5. The summed E-state index contributed by atoms with van der Waals surface area (Å²) in [7, 11) is 3.46. The molecule has 0 saturated carbocycles. The number of nitrogens with zero attached hydrogens (tertiary/aromatic N) is 2. The molecule has 0 radical (unpaired) electrons. The van der Waals surface area contributed by atoms with E-state index in [0.717, 1.165) is 32.2 Å². The highest BCUT2D eigenvalue weighted by Gasteiger charge is 2.28. The lowest BCUT2D eigenvalue weighted by Crippen LogP contribution is -2.48. The molecule has 128 valence electrons. The molecule has 0 bridgehead atoms. The van der Waals surface area contributed by atoms with Gasteiger partial charge in [-0.3, -0.25) is 4.79 Å². The smallest absolute Gasteiger partial charge is 0.319 e. The van der Waals surface area contributed by atoms with Gasteiger partial charge in [-0.2, -0.15) is 0 Å². The van der Waals surface area contributed by atoms with Crippen LogP contribution in [0.15, 0.2) is 0 Å². The average Bonchev–Trinajstić information content (AvgIpc) is 2.50. The van der Waals surface area contributed by atoms with Gasteiger partial charge in [0.2, 0.25) is 5.91 Å². The van der Waals surface area contributed by atoms with Crippen molar-refractivity contribution in [2.45, 2.75) is 39.5 Å². The Kier molecular flexibility index (Phi) is 7.13. The zero-order chi connectivity index (χ0) is 16.8. The second-order valence-electron chi connectivity index (χ2n) is 7.18. The van der Waals surface area contributed by atoms with Gasteiger partial charge in [0, 0.05) is 40.3 Å². The minimum Gasteiger partial charge on any atom is -0.396 e. The molecule has 1 heterocycles. The van der Waals surface area contributed by atoms with Crippen LogP contribution in [0.2, 0.25) is 0 Å². The van der Waals surface area contributed by atoms with E-state index >= 15 is 0 Å². The van der Waals surface area contributed by atoms with Gasteiger partial charge in [-0.1, -0.05) is 13.8 Å². The first-order valence-corrected chi connectivity index (χ1v) is 8.11. The van der Waals surface area contributed by atoms with Crippen LogP contribution in [-0.4, -0.2) is 67.2 Å². The fraction of sp³-hybridized carbons (Fsp3) is 0.875. The number of urea groups is 1. The number of aliphatic hydroxyl groups is 1. The Labute approximate surface area is 133 Å². The van der Waals surface area contributed by atoms with E-state index < -0.39 is 0 Å². The fourth-order valence-corrected chi connectivity index (χ4v) is 2.65. The van der Waals surface area contributed by atoms with Crippen molar-refractivity contribution in [3.05, 3.63) is 0 Å². The molecule has 1 unspecified atom stereocenters. The number of piperidine rings is 1. The predicted molar refractivity (Wildman–Crippen MR) is 86.5 cm³/mol. The molecule has 0 spiro atoms. The van der Waals surface area contributed by atoms with Crippen LogP contribution in [-0.2, 0) is 4.79 Å². The van der Waals surface area contributed by atoms with Gasteiger partial charge in [0.25, 0.3) is 0 Å². The first kappa shape index (κ1) is 18.7. The Bertz CT molecular complexity index is 383. The topological polar surface area (TPSA) is 72.9 Å². The fourth-order valence-electron chi connectivity index (χ4n) is 2.65. The zero-order valence-electron chi connectivity index (χ0n) is 14.4. The SMILES string of the molecule is CN(C)C(=O)N1CCCC(C(=O)NCCCC(C)(C)CO)C1. The van der Waals surface area contributed by atoms with Crippen molar-refractivity contribution >= 4 is 11.9 Å². The van der Waals surface area contributed by atoms with Gasteiger partial charge in [-0.25, -0.2) is 4.79 Å². The number of amides is 3. The maximum Gasteiger partial charge on any atom is 0.319 e. The molecule has 6 nitrogen and oxygen atoms in total. The van der Waals surface area contributed by atoms with Crippen molar-refractivity contribution in [1.82, 2.24) is 15.1 Å². The van der Waals surface area contributed by atoms with Crippen LogP contribution in [0.4, 0.5) is 4.79 Å². The van der Waals surface area contributed by atoms with Gasteiger partial charge < -0.3 is 20.2 Å². The molecule has 0 aliphatic carbocycles. The van der Waals surface area contributed by atoms with Crippen molar-refractivity contribution in [2.24, 2.45) is 11.3 Å². The third kappa shape index (κ3) is 5.83. The molecule has 1 saturated heterocycles. The van der Waals surface area contributed by atoms with Crippen molar-refractivity contribution in [3.63, 3.8) is 0 Å². The molecule has 2 N–H and O–H groups in total. The summed E-state index contributed by atoms with van der Waals surface area (Å²) in [6, 6.07) is -0.0257. The molecular weight excluding hydrogens is 282 g/mol. The van der Waals surface area contributed by atoms with Crippen molar-refractivity contribution in [1.29, 1.82) is 0 Å². The van der Waals surface area contributed by atoms with Gasteiger partial charge >= 0.3 is 6.03 Å². The predicted octanol–water partition coefficient (Wildman–Crippen LogP) is 1.29. The molecule has 1 fully saturated rings.